The van der Waals surface area contributed by atoms with Gasteiger partial charge in [-0.05, 0) is 12.5 Å². The maximum Gasteiger partial charge on any atom is 0.232 e. The van der Waals surface area contributed by atoms with Crippen LogP contribution in [0.15, 0.2) is 42.7 Å². The molecule has 0 bridgehead atoms. The molecule has 0 aliphatic carbocycles. The van der Waals surface area contributed by atoms with E-state index in [0.717, 1.165) is 11.3 Å². The van der Waals surface area contributed by atoms with Crippen molar-refractivity contribution < 1.29 is 4.74 Å². The van der Waals surface area contributed by atoms with Crippen molar-refractivity contribution in [2.24, 2.45) is 0 Å². The fraction of sp³-hybridized carbons (Fsp3) is 0.333. The summed E-state index contributed by atoms with van der Waals surface area (Å²) in [5, 5.41) is 0. The van der Waals surface area contributed by atoms with Crippen molar-refractivity contribution >= 4 is 0 Å². The second-order valence-electron chi connectivity index (χ2n) is 3.98. The predicted octanol–water partition coefficient (Wildman–Crippen LogP) is 3.78. The molecule has 2 rings (SSSR count). The zero-order valence-electron chi connectivity index (χ0n) is 11.3. The Hall–Kier alpha value is -1.90. The maximum absolute atomic E-state index is 5.50. The molecule has 0 aliphatic heterocycles. The lowest BCUT2D eigenvalue weighted by Gasteiger charge is -2.04. The summed E-state index contributed by atoms with van der Waals surface area (Å²) in [6, 6.07) is 9.99. The summed E-state index contributed by atoms with van der Waals surface area (Å²) < 4.78 is 5.50. The Labute approximate surface area is 109 Å². The molecule has 1 heterocycles. The van der Waals surface area contributed by atoms with E-state index in [1.807, 2.05) is 37.3 Å². The summed E-state index contributed by atoms with van der Waals surface area (Å²) in [5.74, 6) is 0.568. The Bertz CT molecular complexity index is 443. The first-order valence-electron chi connectivity index (χ1n) is 6.21. The molecule has 0 fully saturated rings. The van der Waals surface area contributed by atoms with E-state index in [1.54, 1.807) is 12.4 Å². The fourth-order valence-electron chi connectivity index (χ4n) is 1.24. The summed E-state index contributed by atoms with van der Waals surface area (Å²) in [5.41, 5.74) is 1.99. The van der Waals surface area contributed by atoms with Gasteiger partial charge < -0.3 is 4.74 Å². The number of hydrogen-bond donors (Lipinski definition) is 0. The number of rotatable bonds is 3. The van der Waals surface area contributed by atoms with E-state index in [-0.39, 0.29) is 0 Å². The molecule has 3 heteroatoms. The number of hydrogen-bond acceptors (Lipinski definition) is 3. The highest BCUT2D eigenvalue weighted by Crippen LogP contribution is 2.07. The second-order valence-corrected chi connectivity index (χ2v) is 3.98. The summed E-state index contributed by atoms with van der Waals surface area (Å²) >= 11 is 0. The Morgan fingerprint density at radius 3 is 2.33 bits per heavy atom. The average Bonchev–Trinajstić information content (AvgIpc) is 2.39. The van der Waals surface area contributed by atoms with Crippen LogP contribution in [0.3, 0.4) is 0 Å². The van der Waals surface area contributed by atoms with Gasteiger partial charge in [0, 0.05) is 6.20 Å². The molecule has 96 valence electrons. The van der Waals surface area contributed by atoms with Crippen LogP contribution in [0.25, 0.3) is 0 Å². The first-order valence-corrected chi connectivity index (χ1v) is 6.21. The van der Waals surface area contributed by atoms with Gasteiger partial charge in [0.25, 0.3) is 0 Å². The molecule has 0 amide bonds. The minimum atomic E-state index is 0.527. The average molecular weight is 244 g/mol. The van der Waals surface area contributed by atoms with Crippen LogP contribution in [-0.4, -0.2) is 9.97 Å². The highest BCUT2D eigenvalue weighted by Gasteiger charge is 1.97. The van der Waals surface area contributed by atoms with Crippen molar-refractivity contribution in [2.45, 2.75) is 33.8 Å². The van der Waals surface area contributed by atoms with Crippen LogP contribution in [0.1, 0.15) is 31.5 Å². The van der Waals surface area contributed by atoms with Crippen molar-refractivity contribution in [3.8, 4) is 5.88 Å². The van der Waals surface area contributed by atoms with E-state index in [0.29, 0.717) is 12.5 Å². The molecule has 0 spiro atoms. The smallest absolute Gasteiger partial charge is 0.232 e. The molecule has 18 heavy (non-hydrogen) atoms. The van der Waals surface area contributed by atoms with E-state index < -0.39 is 0 Å². The highest BCUT2D eigenvalue weighted by molar-refractivity contribution is 5.15. The minimum Gasteiger partial charge on any atom is -0.472 e. The van der Waals surface area contributed by atoms with Gasteiger partial charge in [-0.25, -0.2) is 4.98 Å². The monoisotopic (exact) mass is 244 g/mol. The Balaban J connectivity index is 0.000000492. The summed E-state index contributed by atoms with van der Waals surface area (Å²) in [7, 11) is 0. The number of ether oxygens (including phenoxy) is 1. The van der Waals surface area contributed by atoms with Crippen molar-refractivity contribution in [1.29, 1.82) is 0 Å². The number of aromatic nitrogens is 2. The largest absolute Gasteiger partial charge is 0.472 e. The summed E-state index contributed by atoms with van der Waals surface area (Å²) in [6.45, 7) is 6.67. The van der Waals surface area contributed by atoms with Gasteiger partial charge >= 0.3 is 0 Å². The first kappa shape index (κ1) is 14.2. The van der Waals surface area contributed by atoms with E-state index in [1.165, 1.54) is 6.42 Å². The Kier molecular flexibility index (Phi) is 6.47. The molecule has 0 radical (unpaired) electrons. The van der Waals surface area contributed by atoms with Gasteiger partial charge in [-0.1, -0.05) is 50.6 Å². The van der Waals surface area contributed by atoms with E-state index >= 15 is 0 Å². The molecule has 0 saturated heterocycles. The van der Waals surface area contributed by atoms with Crippen LogP contribution >= 0.6 is 0 Å². The van der Waals surface area contributed by atoms with Crippen molar-refractivity contribution in [3.05, 3.63) is 54.0 Å². The van der Waals surface area contributed by atoms with Gasteiger partial charge in [-0.15, -0.1) is 0 Å². The van der Waals surface area contributed by atoms with Gasteiger partial charge in [0.15, 0.2) is 0 Å². The number of nitrogens with zero attached hydrogens (tertiary/aromatic N) is 2. The van der Waals surface area contributed by atoms with Crippen molar-refractivity contribution in [3.63, 3.8) is 0 Å². The first-order chi connectivity index (χ1) is 8.76. The molecule has 1 aromatic carbocycles. The van der Waals surface area contributed by atoms with E-state index in [2.05, 4.69) is 23.8 Å². The standard InChI is InChI=1S/C12H12N2O.C3H8/c1-10-7-13-8-12(14-10)15-9-11-5-3-2-4-6-11;1-3-2/h2-8H,9H2,1H3;3H2,1-2H3. The van der Waals surface area contributed by atoms with Gasteiger partial charge in [-0.2, -0.15) is 0 Å². The Morgan fingerprint density at radius 1 is 1.06 bits per heavy atom. The minimum absolute atomic E-state index is 0.527. The number of benzene rings is 1. The van der Waals surface area contributed by atoms with Crippen LogP contribution in [0.5, 0.6) is 5.88 Å². The second kappa shape index (κ2) is 8.23. The molecule has 1 aromatic heterocycles. The molecule has 0 unspecified atom stereocenters. The topological polar surface area (TPSA) is 35.0 Å². The quantitative estimate of drug-likeness (QED) is 0.824. The zero-order chi connectivity index (χ0) is 13.2. The molecular formula is C15H20N2O. The third-order valence-electron chi connectivity index (χ3n) is 1.96. The highest BCUT2D eigenvalue weighted by atomic mass is 16.5. The molecule has 0 saturated carbocycles. The summed E-state index contributed by atoms with van der Waals surface area (Å²) in [6.07, 6.45) is 4.57. The maximum atomic E-state index is 5.50. The molecule has 0 N–H and O–H groups in total. The number of aryl methyl sites for hydroxylation is 1. The van der Waals surface area contributed by atoms with Crippen molar-refractivity contribution in [1.82, 2.24) is 9.97 Å². The normalized spacial score (nSPS) is 9.28. The zero-order valence-corrected chi connectivity index (χ0v) is 11.3. The molecular weight excluding hydrogens is 224 g/mol. The van der Waals surface area contributed by atoms with Gasteiger partial charge in [-0.3, -0.25) is 4.98 Å². The van der Waals surface area contributed by atoms with Crippen LogP contribution in [0.4, 0.5) is 0 Å². The lowest BCUT2D eigenvalue weighted by atomic mass is 10.2. The van der Waals surface area contributed by atoms with Gasteiger partial charge in [0.1, 0.15) is 6.61 Å². The van der Waals surface area contributed by atoms with E-state index in [9.17, 15) is 0 Å². The lowest BCUT2D eigenvalue weighted by molar-refractivity contribution is 0.292. The predicted molar refractivity (Wildman–Crippen MR) is 73.5 cm³/mol. The van der Waals surface area contributed by atoms with Crippen LogP contribution in [0.2, 0.25) is 0 Å². The molecule has 3 nitrogen and oxygen atoms in total. The Morgan fingerprint density at radius 2 is 1.72 bits per heavy atom. The lowest BCUT2D eigenvalue weighted by Crippen LogP contribution is -1.98. The third-order valence-corrected chi connectivity index (χ3v) is 1.96. The van der Waals surface area contributed by atoms with Gasteiger partial charge in [0.2, 0.25) is 5.88 Å². The third kappa shape index (κ3) is 5.43. The van der Waals surface area contributed by atoms with Gasteiger partial charge in [0.05, 0.1) is 11.9 Å². The molecule has 0 atom stereocenters. The SMILES string of the molecule is CCC.Cc1cncc(OCc2ccccc2)n1. The molecule has 2 aromatic rings. The van der Waals surface area contributed by atoms with Crippen LogP contribution in [-0.2, 0) is 6.61 Å². The molecule has 0 aliphatic rings. The summed E-state index contributed by atoms with van der Waals surface area (Å²) in [4.78, 5) is 8.21. The van der Waals surface area contributed by atoms with Crippen molar-refractivity contribution in [2.75, 3.05) is 0 Å². The van der Waals surface area contributed by atoms with Crippen LogP contribution in [0, 0.1) is 6.92 Å². The fourth-order valence-corrected chi connectivity index (χ4v) is 1.24. The van der Waals surface area contributed by atoms with E-state index in [4.69, 9.17) is 4.74 Å². The van der Waals surface area contributed by atoms with Crippen LogP contribution < -0.4 is 4.74 Å².